The molecule has 5 rings (SSSR count). The molecule has 1 amide bonds. The number of carbonyl (C=O) groups excluding carboxylic acids is 1. The number of nitrogens with zero attached hydrogens (tertiary/aromatic N) is 3. The number of nitrogens with one attached hydrogen (secondary N) is 1. The number of hydrogen-bond donors (Lipinski definition) is 1. The number of halogens is 1. The molecule has 0 spiro atoms. The molecule has 1 atom stereocenters. The number of rotatable bonds is 5. The van der Waals surface area contributed by atoms with Crippen molar-refractivity contribution in [3.8, 4) is 0 Å². The van der Waals surface area contributed by atoms with Gasteiger partial charge in [0.1, 0.15) is 5.82 Å². The van der Waals surface area contributed by atoms with Gasteiger partial charge in [-0.05, 0) is 80.3 Å². The smallest absolute Gasteiger partial charge is 0.243 e. The fourth-order valence-corrected chi connectivity index (χ4v) is 6.36. The van der Waals surface area contributed by atoms with Gasteiger partial charge < -0.3 is 10.2 Å². The van der Waals surface area contributed by atoms with Gasteiger partial charge in [-0.25, -0.2) is 13.4 Å². The fraction of sp³-hybridized carbons (Fsp3) is 0.360. The predicted molar refractivity (Wildman–Crippen MR) is 135 cm³/mol. The molecule has 2 fully saturated rings. The Hall–Kier alpha value is -2.68. The highest BCUT2D eigenvalue weighted by Crippen LogP contribution is 2.28. The maximum atomic E-state index is 12.9. The van der Waals surface area contributed by atoms with Gasteiger partial charge in [-0.1, -0.05) is 11.6 Å². The third-order valence-electron chi connectivity index (χ3n) is 6.58. The van der Waals surface area contributed by atoms with Gasteiger partial charge >= 0.3 is 0 Å². The van der Waals surface area contributed by atoms with Crippen molar-refractivity contribution in [2.24, 2.45) is 5.92 Å². The summed E-state index contributed by atoms with van der Waals surface area (Å²) in [6.07, 6.45) is 3.53. The van der Waals surface area contributed by atoms with Crippen molar-refractivity contribution in [2.45, 2.75) is 30.6 Å². The standard InChI is InChI=1S/C25H27ClN4O3S/c26-20-6-8-21(9-7-20)27-25(31)19-4-3-13-29(17-19)24-12-5-18-16-22(10-11-23(18)28-24)34(32,33)30-14-1-2-15-30/h5-12,16,19H,1-4,13-15,17H2,(H,27,31)/t19-/m1/s1. The Morgan fingerprint density at radius 2 is 1.74 bits per heavy atom. The predicted octanol–water partition coefficient (Wildman–Crippen LogP) is 4.53. The first-order valence-corrected chi connectivity index (χ1v) is 13.4. The maximum absolute atomic E-state index is 12.9. The minimum absolute atomic E-state index is 0.00965. The van der Waals surface area contributed by atoms with E-state index in [0.717, 1.165) is 54.6 Å². The number of sulfonamides is 1. The van der Waals surface area contributed by atoms with Crippen LogP contribution in [0.4, 0.5) is 11.5 Å². The molecule has 0 radical (unpaired) electrons. The normalized spacial score (nSPS) is 19.4. The van der Waals surface area contributed by atoms with Crippen LogP contribution in [0.15, 0.2) is 59.5 Å². The van der Waals surface area contributed by atoms with E-state index < -0.39 is 10.0 Å². The van der Waals surface area contributed by atoms with Gasteiger partial charge in [-0.3, -0.25) is 4.79 Å². The lowest BCUT2D eigenvalue weighted by atomic mass is 9.97. The quantitative estimate of drug-likeness (QED) is 0.559. The molecule has 9 heteroatoms. The molecule has 178 valence electrons. The van der Waals surface area contributed by atoms with Gasteiger partial charge in [0, 0.05) is 42.3 Å². The number of piperidine rings is 1. The second-order valence-corrected chi connectivity index (χ2v) is 11.3. The summed E-state index contributed by atoms with van der Waals surface area (Å²) in [4.78, 5) is 20.1. The fourth-order valence-electron chi connectivity index (χ4n) is 4.68. The molecule has 2 saturated heterocycles. The number of amides is 1. The average Bonchev–Trinajstić information content (AvgIpc) is 3.41. The summed E-state index contributed by atoms with van der Waals surface area (Å²) in [5.41, 5.74) is 1.47. The van der Waals surface area contributed by atoms with Crippen LogP contribution < -0.4 is 10.2 Å². The van der Waals surface area contributed by atoms with Crippen molar-refractivity contribution in [2.75, 3.05) is 36.4 Å². The molecule has 7 nitrogen and oxygen atoms in total. The highest BCUT2D eigenvalue weighted by molar-refractivity contribution is 7.89. The largest absolute Gasteiger partial charge is 0.356 e. The molecular formula is C25H27ClN4O3S. The summed E-state index contributed by atoms with van der Waals surface area (Å²) in [6.45, 7) is 2.57. The number of aromatic nitrogens is 1. The Balaban J connectivity index is 1.31. The van der Waals surface area contributed by atoms with E-state index in [9.17, 15) is 13.2 Å². The first-order chi connectivity index (χ1) is 16.4. The van der Waals surface area contributed by atoms with E-state index in [0.29, 0.717) is 29.6 Å². The lowest BCUT2D eigenvalue weighted by Gasteiger charge is -2.33. The van der Waals surface area contributed by atoms with E-state index >= 15 is 0 Å². The second kappa shape index (κ2) is 9.52. The van der Waals surface area contributed by atoms with E-state index in [-0.39, 0.29) is 11.8 Å². The van der Waals surface area contributed by atoms with Crippen LogP contribution >= 0.6 is 11.6 Å². The molecule has 1 aromatic heterocycles. The summed E-state index contributed by atoms with van der Waals surface area (Å²) >= 11 is 5.93. The van der Waals surface area contributed by atoms with Crippen molar-refractivity contribution in [1.82, 2.24) is 9.29 Å². The average molecular weight is 499 g/mol. The summed E-state index contributed by atoms with van der Waals surface area (Å²) < 4.78 is 27.3. The number of carbonyl (C=O) groups is 1. The van der Waals surface area contributed by atoms with Gasteiger partial charge in [0.15, 0.2) is 0 Å². The maximum Gasteiger partial charge on any atom is 0.243 e. The zero-order valence-electron chi connectivity index (χ0n) is 18.8. The van der Waals surface area contributed by atoms with Crippen LogP contribution in [0.3, 0.4) is 0 Å². The highest BCUT2D eigenvalue weighted by Gasteiger charge is 2.28. The number of benzene rings is 2. The van der Waals surface area contributed by atoms with Crippen molar-refractivity contribution in [1.29, 1.82) is 0 Å². The lowest BCUT2D eigenvalue weighted by Crippen LogP contribution is -2.41. The molecule has 0 bridgehead atoms. The molecule has 0 saturated carbocycles. The van der Waals surface area contributed by atoms with Gasteiger partial charge in [-0.15, -0.1) is 0 Å². The number of hydrogen-bond acceptors (Lipinski definition) is 5. The number of fused-ring (bicyclic) bond motifs is 1. The molecule has 3 aromatic rings. The monoisotopic (exact) mass is 498 g/mol. The highest BCUT2D eigenvalue weighted by atomic mass is 35.5. The molecular weight excluding hydrogens is 472 g/mol. The van der Waals surface area contributed by atoms with E-state index in [4.69, 9.17) is 16.6 Å². The first-order valence-electron chi connectivity index (χ1n) is 11.6. The van der Waals surface area contributed by atoms with Crippen molar-refractivity contribution in [3.63, 3.8) is 0 Å². The van der Waals surface area contributed by atoms with Crippen molar-refractivity contribution in [3.05, 3.63) is 59.6 Å². The minimum Gasteiger partial charge on any atom is -0.356 e. The molecule has 1 N–H and O–H groups in total. The van der Waals surface area contributed by atoms with E-state index in [1.807, 2.05) is 12.1 Å². The Bertz CT molecular complexity index is 1310. The summed E-state index contributed by atoms with van der Waals surface area (Å²) in [7, 11) is -3.46. The Kier molecular flexibility index (Phi) is 6.46. The molecule has 2 aliphatic heterocycles. The van der Waals surface area contributed by atoms with Crippen LogP contribution in [0.5, 0.6) is 0 Å². The van der Waals surface area contributed by atoms with Crippen LogP contribution in [0.25, 0.3) is 10.9 Å². The van der Waals surface area contributed by atoms with Gasteiger partial charge in [-0.2, -0.15) is 4.31 Å². The number of pyridine rings is 1. The molecule has 34 heavy (non-hydrogen) atoms. The number of anilines is 2. The van der Waals surface area contributed by atoms with Gasteiger partial charge in [0.05, 0.1) is 16.3 Å². The van der Waals surface area contributed by atoms with Crippen LogP contribution in [0.2, 0.25) is 5.02 Å². The van der Waals surface area contributed by atoms with Crippen LogP contribution in [0.1, 0.15) is 25.7 Å². The zero-order chi connectivity index (χ0) is 23.7. The van der Waals surface area contributed by atoms with Crippen LogP contribution in [-0.4, -0.2) is 49.8 Å². The van der Waals surface area contributed by atoms with Crippen LogP contribution in [-0.2, 0) is 14.8 Å². The SMILES string of the molecule is O=C(Nc1ccc(Cl)cc1)[C@@H]1CCCN(c2ccc3cc(S(=O)(=O)N4CCCC4)ccc3n2)C1. The summed E-state index contributed by atoms with van der Waals surface area (Å²) in [6, 6.07) is 16.1. The second-order valence-electron chi connectivity index (χ2n) is 8.92. The van der Waals surface area contributed by atoms with Gasteiger partial charge in [0.25, 0.3) is 0 Å². The zero-order valence-corrected chi connectivity index (χ0v) is 20.4. The summed E-state index contributed by atoms with van der Waals surface area (Å²) in [5.74, 6) is 0.645. The Morgan fingerprint density at radius 1 is 0.971 bits per heavy atom. The Labute approximate surface area is 204 Å². The van der Waals surface area contributed by atoms with E-state index in [2.05, 4.69) is 10.2 Å². The molecule has 0 unspecified atom stereocenters. The third kappa shape index (κ3) is 4.76. The van der Waals surface area contributed by atoms with Crippen molar-refractivity contribution >= 4 is 49.9 Å². The van der Waals surface area contributed by atoms with E-state index in [1.165, 1.54) is 0 Å². The van der Waals surface area contributed by atoms with Crippen molar-refractivity contribution < 1.29 is 13.2 Å². The molecule has 3 heterocycles. The van der Waals surface area contributed by atoms with Gasteiger partial charge in [0.2, 0.25) is 15.9 Å². The first kappa shape index (κ1) is 23.1. The summed E-state index contributed by atoms with van der Waals surface area (Å²) in [5, 5.41) is 4.40. The lowest BCUT2D eigenvalue weighted by molar-refractivity contribution is -0.120. The van der Waals surface area contributed by atoms with Crippen LogP contribution in [0, 0.1) is 5.92 Å². The molecule has 2 aliphatic rings. The Morgan fingerprint density at radius 3 is 2.50 bits per heavy atom. The minimum atomic E-state index is -3.46. The topological polar surface area (TPSA) is 82.6 Å². The molecule has 0 aliphatic carbocycles. The van der Waals surface area contributed by atoms with E-state index in [1.54, 1.807) is 46.8 Å². The third-order valence-corrected chi connectivity index (χ3v) is 8.72. The molecule has 2 aromatic carbocycles.